The summed E-state index contributed by atoms with van der Waals surface area (Å²) in [5.74, 6) is -0.479. The number of benzene rings is 2. The number of carbonyl (C=O) groups is 2. The van der Waals surface area contributed by atoms with Crippen molar-refractivity contribution in [3.63, 3.8) is 0 Å². The van der Waals surface area contributed by atoms with Crippen LogP contribution < -0.4 is 15.4 Å². The standard InChI is InChI=1S/C29H37FN4O4/c1-4-29(5-2)18-26(35)34(28(31)33-29)24(12-14-37-3)19-15-20(17-21(30)16-19)27(36)32-23-10-8-13-38-25-11-7-6-9-22(23)25/h6-7,9,11,15-17,23-24H,4-5,8,10,12-14,18H2,1-3H3,(H2,31,33)(H,32,36)/t23?,24-/m1/s1. The molecule has 3 N–H and O–H groups in total. The number of fused-ring (bicyclic) bond motifs is 1. The van der Waals surface area contributed by atoms with Crippen LogP contribution in [0.4, 0.5) is 4.39 Å². The van der Waals surface area contributed by atoms with Crippen LogP contribution in [-0.2, 0) is 9.53 Å². The Bertz CT molecular complexity index is 1160. The molecular formula is C29H37FN4O4. The molecule has 2 atom stereocenters. The predicted molar refractivity (Wildman–Crippen MR) is 143 cm³/mol. The Morgan fingerprint density at radius 1 is 1.29 bits per heavy atom. The van der Waals surface area contributed by atoms with Crippen LogP contribution >= 0.6 is 0 Å². The highest BCUT2D eigenvalue weighted by Crippen LogP contribution is 2.34. The maximum Gasteiger partial charge on any atom is 0.251 e. The quantitative estimate of drug-likeness (QED) is 0.435. The lowest BCUT2D eigenvalue weighted by Crippen LogP contribution is -2.62. The fourth-order valence-electron chi connectivity index (χ4n) is 5.39. The number of rotatable bonds is 9. The first-order valence-corrected chi connectivity index (χ1v) is 13.3. The molecule has 9 heteroatoms. The van der Waals surface area contributed by atoms with Gasteiger partial charge in [0.2, 0.25) is 5.91 Å². The lowest BCUT2D eigenvalue weighted by atomic mass is 9.86. The molecule has 204 valence electrons. The van der Waals surface area contributed by atoms with Crippen molar-refractivity contribution in [3.05, 3.63) is 65.0 Å². The van der Waals surface area contributed by atoms with E-state index in [0.717, 1.165) is 17.7 Å². The summed E-state index contributed by atoms with van der Waals surface area (Å²) < 4.78 is 26.0. The zero-order valence-electron chi connectivity index (χ0n) is 22.3. The highest BCUT2D eigenvalue weighted by atomic mass is 19.1. The van der Waals surface area contributed by atoms with Gasteiger partial charge in [-0.2, -0.15) is 0 Å². The van der Waals surface area contributed by atoms with E-state index < -0.39 is 23.3 Å². The molecule has 1 saturated heterocycles. The normalized spacial score (nSPS) is 19.6. The van der Waals surface area contributed by atoms with E-state index in [2.05, 4.69) is 10.6 Å². The Hall–Kier alpha value is -3.46. The number of ether oxygens (including phenoxy) is 2. The molecule has 1 fully saturated rings. The Kier molecular flexibility index (Phi) is 8.66. The smallest absolute Gasteiger partial charge is 0.251 e. The highest BCUT2D eigenvalue weighted by Gasteiger charge is 2.42. The highest BCUT2D eigenvalue weighted by molar-refractivity contribution is 6.00. The molecule has 2 aromatic carbocycles. The first-order valence-electron chi connectivity index (χ1n) is 13.3. The summed E-state index contributed by atoms with van der Waals surface area (Å²) in [6.07, 6.45) is 3.45. The summed E-state index contributed by atoms with van der Waals surface area (Å²) in [5.41, 5.74) is 1.02. The third-order valence-electron chi connectivity index (χ3n) is 7.70. The van der Waals surface area contributed by atoms with Gasteiger partial charge in [-0.3, -0.25) is 19.9 Å². The van der Waals surface area contributed by atoms with Gasteiger partial charge < -0.3 is 20.1 Å². The number of hydrogen-bond acceptors (Lipinski definition) is 5. The van der Waals surface area contributed by atoms with Gasteiger partial charge in [0, 0.05) is 30.4 Å². The number of guanidine groups is 1. The van der Waals surface area contributed by atoms with Gasteiger partial charge in [-0.05, 0) is 61.9 Å². The molecule has 2 aromatic rings. The number of nitrogens with zero attached hydrogens (tertiary/aromatic N) is 1. The maximum atomic E-state index is 14.9. The van der Waals surface area contributed by atoms with Crippen molar-refractivity contribution in [3.8, 4) is 5.75 Å². The lowest BCUT2D eigenvalue weighted by molar-refractivity contribution is -0.133. The van der Waals surface area contributed by atoms with Crippen molar-refractivity contribution in [1.29, 1.82) is 5.41 Å². The minimum Gasteiger partial charge on any atom is -0.493 e. The third-order valence-corrected chi connectivity index (χ3v) is 7.70. The summed E-state index contributed by atoms with van der Waals surface area (Å²) in [6.45, 7) is 4.85. The Morgan fingerprint density at radius 2 is 2.05 bits per heavy atom. The van der Waals surface area contributed by atoms with Gasteiger partial charge in [0.05, 0.1) is 25.1 Å². The number of methoxy groups -OCH3 is 1. The van der Waals surface area contributed by atoms with Crippen LogP contribution in [0, 0.1) is 11.2 Å². The number of para-hydroxylation sites is 1. The number of nitrogens with one attached hydrogen (secondary N) is 3. The summed E-state index contributed by atoms with van der Waals surface area (Å²) in [5, 5.41) is 14.9. The molecule has 2 amide bonds. The first kappa shape index (κ1) is 27.6. The van der Waals surface area contributed by atoms with Crippen LogP contribution in [-0.4, -0.2) is 48.5 Å². The predicted octanol–water partition coefficient (Wildman–Crippen LogP) is 4.86. The monoisotopic (exact) mass is 524 g/mol. The van der Waals surface area contributed by atoms with Gasteiger partial charge in [0.15, 0.2) is 5.96 Å². The van der Waals surface area contributed by atoms with Crippen molar-refractivity contribution in [2.45, 2.75) is 70.0 Å². The van der Waals surface area contributed by atoms with Crippen LogP contribution in [0.5, 0.6) is 5.75 Å². The summed E-state index contributed by atoms with van der Waals surface area (Å²) in [7, 11) is 1.55. The second-order valence-electron chi connectivity index (χ2n) is 10.0. The van der Waals surface area contributed by atoms with Gasteiger partial charge >= 0.3 is 0 Å². The molecule has 0 aromatic heterocycles. The Labute approximate surface area is 223 Å². The Balaban J connectivity index is 1.62. The van der Waals surface area contributed by atoms with Crippen molar-refractivity contribution in [2.75, 3.05) is 20.3 Å². The fraction of sp³-hybridized carbons (Fsp3) is 0.483. The molecular weight excluding hydrogens is 487 g/mol. The van der Waals surface area contributed by atoms with Crippen molar-refractivity contribution < 1.29 is 23.5 Å². The van der Waals surface area contributed by atoms with E-state index in [1.807, 2.05) is 38.1 Å². The summed E-state index contributed by atoms with van der Waals surface area (Å²) in [4.78, 5) is 28.1. The molecule has 2 aliphatic rings. The lowest BCUT2D eigenvalue weighted by Gasteiger charge is -2.45. The van der Waals surface area contributed by atoms with E-state index in [9.17, 15) is 14.0 Å². The van der Waals surface area contributed by atoms with Crippen LogP contribution in [0.1, 0.15) is 85.9 Å². The van der Waals surface area contributed by atoms with Gasteiger partial charge in [0.25, 0.3) is 5.91 Å². The summed E-state index contributed by atoms with van der Waals surface area (Å²) in [6, 6.07) is 10.8. The molecule has 2 heterocycles. The molecule has 38 heavy (non-hydrogen) atoms. The van der Waals surface area contributed by atoms with Crippen LogP contribution in [0.3, 0.4) is 0 Å². The molecule has 2 aliphatic heterocycles. The molecule has 0 aliphatic carbocycles. The van der Waals surface area contributed by atoms with Crippen molar-refractivity contribution in [2.24, 2.45) is 0 Å². The van der Waals surface area contributed by atoms with E-state index in [1.54, 1.807) is 13.2 Å². The van der Waals surface area contributed by atoms with Gasteiger partial charge in [0.1, 0.15) is 11.6 Å². The van der Waals surface area contributed by atoms with Crippen LogP contribution in [0.2, 0.25) is 0 Å². The van der Waals surface area contributed by atoms with E-state index >= 15 is 0 Å². The second-order valence-corrected chi connectivity index (χ2v) is 10.0. The zero-order chi connectivity index (χ0) is 27.3. The minimum atomic E-state index is -0.664. The minimum absolute atomic E-state index is 0.0172. The molecule has 4 rings (SSSR count). The average molecular weight is 525 g/mol. The second kappa shape index (κ2) is 11.9. The van der Waals surface area contributed by atoms with Gasteiger partial charge in [-0.15, -0.1) is 0 Å². The van der Waals surface area contributed by atoms with Crippen molar-refractivity contribution >= 4 is 17.8 Å². The average Bonchev–Trinajstić information content (AvgIpc) is 3.11. The largest absolute Gasteiger partial charge is 0.493 e. The van der Waals surface area contributed by atoms with Crippen molar-refractivity contribution in [1.82, 2.24) is 15.5 Å². The van der Waals surface area contributed by atoms with Crippen LogP contribution in [0.25, 0.3) is 0 Å². The topological polar surface area (TPSA) is 104 Å². The Morgan fingerprint density at radius 3 is 2.76 bits per heavy atom. The number of carbonyl (C=O) groups excluding carboxylic acids is 2. The molecule has 1 unspecified atom stereocenters. The molecule has 0 radical (unpaired) electrons. The zero-order valence-corrected chi connectivity index (χ0v) is 22.3. The van der Waals surface area contributed by atoms with Gasteiger partial charge in [-0.1, -0.05) is 32.0 Å². The van der Waals surface area contributed by atoms with E-state index in [-0.39, 0.29) is 29.9 Å². The number of halogens is 1. The SMILES string of the molecule is CCC1(CC)CC(=O)N([C@H](CCOC)c2cc(F)cc(C(=O)NC3CCCOc4ccccc43)c2)C(=N)N1. The molecule has 0 spiro atoms. The molecule has 0 bridgehead atoms. The number of amides is 2. The fourth-order valence-corrected chi connectivity index (χ4v) is 5.39. The van der Waals surface area contributed by atoms with Gasteiger partial charge in [-0.25, -0.2) is 4.39 Å². The first-order chi connectivity index (χ1) is 18.3. The van der Waals surface area contributed by atoms with E-state index in [1.165, 1.54) is 17.0 Å². The summed E-state index contributed by atoms with van der Waals surface area (Å²) >= 11 is 0. The maximum absolute atomic E-state index is 14.9. The molecule has 8 nitrogen and oxygen atoms in total. The van der Waals surface area contributed by atoms with E-state index in [4.69, 9.17) is 14.9 Å². The van der Waals surface area contributed by atoms with E-state index in [0.29, 0.717) is 44.5 Å². The number of hydrogen-bond donors (Lipinski definition) is 3. The molecule has 0 saturated carbocycles. The third kappa shape index (κ3) is 5.83. The van der Waals surface area contributed by atoms with Crippen LogP contribution in [0.15, 0.2) is 42.5 Å².